The third-order valence-corrected chi connectivity index (χ3v) is 3.38. The molecule has 0 aliphatic carbocycles. The molecule has 0 saturated heterocycles. The Bertz CT molecular complexity index is 713. The molecule has 2 heterocycles. The van der Waals surface area contributed by atoms with Crippen molar-refractivity contribution in [2.45, 2.75) is 0 Å². The Morgan fingerprint density at radius 3 is 2.94 bits per heavy atom. The molecule has 0 atom stereocenters. The van der Waals surface area contributed by atoms with Crippen LogP contribution in [0.4, 0.5) is 11.5 Å². The van der Waals surface area contributed by atoms with Gasteiger partial charge < -0.3 is 10.4 Å². The Hall–Kier alpha value is -1.85. The molecule has 2 N–H and O–H groups in total. The van der Waals surface area contributed by atoms with E-state index in [9.17, 15) is 5.11 Å². The molecule has 0 saturated carbocycles. The number of aromatic nitrogens is 2. The highest BCUT2D eigenvalue weighted by Gasteiger charge is 2.08. The first-order chi connectivity index (χ1) is 8.72. The van der Waals surface area contributed by atoms with E-state index in [1.807, 2.05) is 17.5 Å². The first-order valence-electron chi connectivity index (χ1n) is 5.19. The van der Waals surface area contributed by atoms with Crippen molar-refractivity contribution in [3.63, 3.8) is 0 Å². The smallest absolute Gasteiger partial charge is 0.225 e. The van der Waals surface area contributed by atoms with Gasteiger partial charge in [-0.2, -0.15) is 4.98 Å². The molecule has 0 fully saturated rings. The highest BCUT2D eigenvalue weighted by atomic mass is 35.5. The topological polar surface area (TPSA) is 58.0 Å². The van der Waals surface area contributed by atoms with Gasteiger partial charge in [-0.3, -0.25) is 0 Å². The van der Waals surface area contributed by atoms with Crippen LogP contribution >= 0.6 is 22.9 Å². The summed E-state index contributed by atoms with van der Waals surface area (Å²) in [6.07, 6.45) is 0. The van der Waals surface area contributed by atoms with E-state index in [0.29, 0.717) is 5.82 Å². The minimum Gasteiger partial charge on any atom is -0.508 e. The zero-order valence-electron chi connectivity index (χ0n) is 9.09. The van der Waals surface area contributed by atoms with Crippen LogP contribution in [0.3, 0.4) is 0 Å². The van der Waals surface area contributed by atoms with Crippen LogP contribution in [-0.4, -0.2) is 15.1 Å². The molecule has 0 unspecified atom stereocenters. The maximum absolute atomic E-state index is 9.42. The highest BCUT2D eigenvalue weighted by Crippen LogP contribution is 2.29. The van der Waals surface area contributed by atoms with Gasteiger partial charge in [-0.1, -0.05) is 6.07 Å². The summed E-state index contributed by atoms with van der Waals surface area (Å²) in [5.74, 6) is 0.832. The zero-order valence-corrected chi connectivity index (χ0v) is 10.7. The number of rotatable bonds is 2. The van der Waals surface area contributed by atoms with E-state index in [1.165, 1.54) is 11.3 Å². The van der Waals surface area contributed by atoms with Crippen molar-refractivity contribution in [1.82, 2.24) is 9.97 Å². The molecule has 4 nitrogen and oxygen atoms in total. The lowest BCUT2D eigenvalue weighted by molar-refractivity contribution is 0.475. The molecule has 0 aliphatic heterocycles. The Morgan fingerprint density at radius 1 is 1.22 bits per heavy atom. The van der Waals surface area contributed by atoms with Crippen molar-refractivity contribution in [1.29, 1.82) is 0 Å². The molecule has 90 valence electrons. The van der Waals surface area contributed by atoms with Gasteiger partial charge in [0.1, 0.15) is 16.4 Å². The number of thiophene rings is 1. The van der Waals surface area contributed by atoms with Crippen LogP contribution in [-0.2, 0) is 0 Å². The summed E-state index contributed by atoms with van der Waals surface area (Å²) >= 11 is 7.38. The first kappa shape index (κ1) is 11.3. The van der Waals surface area contributed by atoms with Crippen molar-refractivity contribution in [2.75, 3.05) is 5.32 Å². The molecule has 0 aliphatic rings. The second kappa shape index (κ2) is 4.44. The molecule has 2 aromatic heterocycles. The molecular formula is C12H8ClN3OS. The largest absolute Gasteiger partial charge is 0.508 e. The second-order valence-corrected chi connectivity index (χ2v) is 4.89. The fraction of sp³-hybridized carbons (Fsp3) is 0. The van der Waals surface area contributed by atoms with E-state index < -0.39 is 0 Å². The summed E-state index contributed by atoms with van der Waals surface area (Å²) in [7, 11) is 0. The fourth-order valence-corrected chi connectivity index (χ4v) is 2.63. The molecule has 3 aromatic rings. The van der Waals surface area contributed by atoms with E-state index in [4.69, 9.17) is 11.6 Å². The minimum atomic E-state index is 0.196. The number of phenols is 1. The van der Waals surface area contributed by atoms with Crippen molar-refractivity contribution in [3.8, 4) is 5.75 Å². The van der Waals surface area contributed by atoms with Crippen molar-refractivity contribution < 1.29 is 5.11 Å². The quantitative estimate of drug-likeness (QED) is 0.700. The Labute approximate surface area is 112 Å². The average Bonchev–Trinajstić information content (AvgIpc) is 2.77. The number of hydrogen-bond acceptors (Lipinski definition) is 5. The number of halogens is 1. The molecule has 3 rings (SSSR count). The van der Waals surface area contributed by atoms with E-state index in [-0.39, 0.29) is 11.0 Å². The lowest BCUT2D eigenvalue weighted by Crippen LogP contribution is -1.95. The summed E-state index contributed by atoms with van der Waals surface area (Å²) in [5.41, 5.74) is 0.747. The third kappa shape index (κ3) is 2.10. The Kier molecular flexibility index (Phi) is 2.77. The van der Waals surface area contributed by atoms with Crippen LogP contribution in [0.15, 0.2) is 35.7 Å². The highest BCUT2D eigenvalue weighted by molar-refractivity contribution is 7.16. The number of aromatic hydroxyl groups is 1. The van der Waals surface area contributed by atoms with Crippen LogP contribution < -0.4 is 5.32 Å². The van der Waals surface area contributed by atoms with Crippen molar-refractivity contribution >= 4 is 44.7 Å². The monoisotopic (exact) mass is 277 g/mol. The summed E-state index contributed by atoms with van der Waals surface area (Å²) in [4.78, 5) is 9.14. The van der Waals surface area contributed by atoms with Crippen LogP contribution in [0, 0.1) is 0 Å². The van der Waals surface area contributed by atoms with Crippen molar-refractivity contribution in [3.05, 3.63) is 41.0 Å². The molecule has 1 aromatic carbocycles. The maximum atomic E-state index is 9.42. The summed E-state index contributed by atoms with van der Waals surface area (Å²) in [6.45, 7) is 0. The number of benzene rings is 1. The zero-order chi connectivity index (χ0) is 12.5. The number of hydrogen-bond donors (Lipinski definition) is 2. The van der Waals surface area contributed by atoms with E-state index in [1.54, 1.807) is 18.2 Å². The van der Waals surface area contributed by atoms with Crippen LogP contribution in [0.1, 0.15) is 0 Å². The Morgan fingerprint density at radius 2 is 2.11 bits per heavy atom. The van der Waals surface area contributed by atoms with Gasteiger partial charge in [-0.25, -0.2) is 4.98 Å². The molecule has 0 amide bonds. The average molecular weight is 278 g/mol. The maximum Gasteiger partial charge on any atom is 0.225 e. The lowest BCUT2D eigenvalue weighted by atomic mass is 10.3. The van der Waals surface area contributed by atoms with Crippen LogP contribution in [0.5, 0.6) is 5.75 Å². The van der Waals surface area contributed by atoms with Gasteiger partial charge in [-0.05, 0) is 35.2 Å². The predicted octanol–water partition coefficient (Wildman–Crippen LogP) is 3.79. The predicted molar refractivity (Wildman–Crippen MR) is 73.8 cm³/mol. The van der Waals surface area contributed by atoms with Crippen LogP contribution in [0.25, 0.3) is 10.2 Å². The Balaban J connectivity index is 2.06. The summed E-state index contributed by atoms with van der Waals surface area (Å²) < 4.78 is 0. The number of fused-ring (bicyclic) bond motifs is 1. The summed E-state index contributed by atoms with van der Waals surface area (Å²) in [6, 6.07) is 8.76. The molecule has 6 heteroatoms. The van der Waals surface area contributed by atoms with Crippen molar-refractivity contribution in [2.24, 2.45) is 0 Å². The SMILES string of the molecule is Oc1cccc(Nc2nc(Cl)nc3sccc23)c1. The van der Waals surface area contributed by atoms with E-state index in [2.05, 4.69) is 15.3 Å². The third-order valence-electron chi connectivity index (χ3n) is 2.41. The minimum absolute atomic E-state index is 0.196. The van der Waals surface area contributed by atoms with Gasteiger partial charge in [0, 0.05) is 11.8 Å². The van der Waals surface area contributed by atoms with E-state index >= 15 is 0 Å². The number of nitrogens with zero attached hydrogens (tertiary/aromatic N) is 2. The van der Waals surface area contributed by atoms with E-state index in [0.717, 1.165) is 15.9 Å². The number of nitrogens with one attached hydrogen (secondary N) is 1. The number of phenolic OH excluding ortho intramolecular Hbond substituents is 1. The lowest BCUT2D eigenvalue weighted by Gasteiger charge is -2.07. The number of anilines is 2. The van der Waals surface area contributed by atoms with Gasteiger partial charge >= 0.3 is 0 Å². The second-order valence-electron chi connectivity index (χ2n) is 3.66. The van der Waals surface area contributed by atoms with Gasteiger partial charge in [0.05, 0.1) is 5.39 Å². The normalized spacial score (nSPS) is 10.7. The van der Waals surface area contributed by atoms with Gasteiger partial charge in [0.25, 0.3) is 0 Å². The molecule has 0 spiro atoms. The molecule has 0 bridgehead atoms. The summed E-state index contributed by atoms with van der Waals surface area (Å²) in [5, 5.41) is 15.6. The van der Waals surface area contributed by atoms with Gasteiger partial charge in [0.2, 0.25) is 5.28 Å². The standard InChI is InChI=1S/C12H8ClN3OS/c13-12-15-10(9-4-5-18-11(9)16-12)14-7-2-1-3-8(17)6-7/h1-6,17H,(H,14,15,16). The van der Waals surface area contributed by atoms with Gasteiger partial charge in [0.15, 0.2) is 0 Å². The fourth-order valence-electron chi connectivity index (χ4n) is 1.65. The molecule has 18 heavy (non-hydrogen) atoms. The molecule has 0 radical (unpaired) electrons. The van der Waals surface area contributed by atoms with Gasteiger partial charge in [-0.15, -0.1) is 11.3 Å². The van der Waals surface area contributed by atoms with Crippen LogP contribution in [0.2, 0.25) is 5.28 Å². The first-order valence-corrected chi connectivity index (χ1v) is 6.45. The molecular weight excluding hydrogens is 270 g/mol.